The highest BCUT2D eigenvalue weighted by molar-refractivity contribution is 6.13. The summed E-state index contributed by atoms with van der Waals surface area (Å²) in [5.74, 6) is 0. The van der Waals surface area contributed by atoms with Crippen molar-refractivity contribution in [3.63, 3.8) is 0 Å². The molecule has 0 atom stereocenters. The molecule has 0 amide bonds. The van der Waals surface area contributed by atoms with Crippen LogP contribution >= 0.6 is 0 Å². The molecule has 0 saturated heterocycles. The van der Waals surface area contributed by atoms with Crippen LogP contribution in [0.15, 0.2) is 224 Å². The first-order valence-electron chi connectivity index (χ1n) is 21.8. The van der Waals surface area contributed by atoms with Crippen molar-refractivity contribution in [2.24, 2.45) is 0 Å². The van der Waals surface area contributed by atoms with Crippen molar-refractivity contribution >= 4 is 65.4 Å². The Balaban J connectivity index is 1.00. The smallest absolute Gasteiger partial charge is 0.0542 e. The van der Waals surface area contributed by atoms with Crippen LogP contribution in [0.4, 0.5) is 0 Å². The Hall–Kier alpha value is -8.40. The molecule has 0 saturated carbocycles. The maximum Gasteiger partial charge on any atom is 0.0542 e. The molecule has 10 aromatic carbocycles. The average Bonchev–Trinajstić information content (AvgIpc) is 3.99. The highest BCUT2D eigenvalue weighted by atomic mass is 15.0. The number of benzene rings is 10. The van der Waals surface area contributed by atoms with Crippen LogP contribution < -0.4 is 0 Å². The minimum atomic E-state index is 1.14. The molecule has 0 radical (unpaired) electrons. The lowest BCUT2D eigenvalue weighted by Gasteiger charge is -2.24. The van der Waals surface area contributed by atoms with Gasteiger partial charge in [0.1, 0.15) is 0 Å². The van der Waals surface area contributed by atoms with Crippen molar-refractivity contribution in [2.75, 3.05) is 0 Å². The molecule has 1 aliphatic rings. The van der Waals surface area contributed by atoms with E-state index in [2.05, 4.69) is 238 Å². The van der Waals surface area contributed by atoms with Crippen LogP contribution in [-0.4, -0.2) is 13.7 Å². The number of rotatable bonds is 3. The van der Waals surface area contributed by atoms with Crippen molar-refractivity contribution in [1.82, 2.24) is 13.7 Å². The molecule has 0 N–H and O–H groups in total. The van der Waals surface area contributed by atoms with Gasteiger partial charge in [0.05, 0.1) is 33.1 Å². The predicted molar refractivity (Wildman–Crippen MR) is 265 cm³/mol. The average molecular weight is 800 g/mol. The third-order valence-electron chi connectivity index (χ3n) is 13.6. The molecule has 3 heteroatoms. The maximum atomic E-state index is 2.46. The van der Waals surface area contributed by atoms with Crippen molar-refractivity contribution < 1.29 is 0 Å². The van der Waals surface area contributed by atoms with E-state index in [0.717, 1.165) is 17.1 Å². The van der Waals surface area contributed by atoms with E-state index in [1.807, 2.05) is 0 Å². The van der Waals surface area contributed by atoms with Gasteiger partial charge < -0.3 is 13.7 Å². The summed E-state index contributed by atoms with van der Waals surface area (Å²) >= 11 is 0. The summed E-state index contributed by atoms with van der Waals surface area (Å²) in [7, 11) is 0. The van der Waals surface area contributed by atoms with E-state index in [1.165, 1.54) is 110 Å². The number of hydrogen-bond acceptors (Lipinski definition) is 0. The Labute approximate surface area is 363 Å². The fourth-order valence-electron chi connectivity index (χ4n) is 10.9. The molecule has 3 nitrogen and oxygen atoms in total. The highest BCUT2D eigenvalue weighted by Crippen LogP contribution is 2.49. The number of aromatic nitrogens is 3. The Kier molecular flexibility index (Phi) is 7.11. The van der Waals surface area contributed by atoms with Gasteiger partial charge in [0.25, 0.3) is 0 Å². The second-order valence-corrected chi connectivity index (χ2v) is 16.8. The monoisotopic (exact) mass is 799 g/mol. The molecule has 0 unspecified atom stereocenters. The molecule has 1 aliphatic carbocycles. The minimum absolute atomic E-state index is 1.14. The van der Waals surface area contributed by atoms with Crippen LogP contribution in [0.5, 0.6) is 0 Å². The van der Waals surface area contributed by atoms with Crippen molar-refractivity contribution in [3.8, 4) is 61.6 Å². The van der Waals surface area contributed by atoms with E-state index in [4.69, 9.17) is 0 Å². The summed E-state index contributed by atoms with van der Waals surface area (Å²) in [6, 6.07) is 83.0. The summed E-state index contributed by atoms with van der Waals surface area (Å²) in [6.07, 6.45) is 0. The van der Waals surface area contributed by atoms with Crippen LogP contribution in [0.3, 0.4) is 0 Å². The Morgan fingerprint density at radius 1 is 0.175 bits per heavy atom. The van der Waals surface area contributed by atoms with Crippen LogP contribution in [-0.2, 0) is 0 Å². The molecule has 292 valence electrons. The first kappa shape index (κ1) is 34.3. The van der Waals surface area contributed by atoms with Gasteiger partial charge >= 0.3 is 0 Å². The lowest BCUT2D eigenvalue weighted by atomic mass is 9.80. The van der Waals surface area contributed by atoms with E-state index >= 15 is 0 Å². The van der Waals surface area contributed by atoms with E-state index < -0.39 is 0 Å². The van der Waals surface area contributed by atoms with Crippen LogP contribution in [0.25, 0.3) is 127 Å². The molecule has 0 fully saturated rings. The van der Waals surface area contributed by atoms with Crippen molar-refractivity contribution in [3.05, 3.63) is 224 Å². The summed E-state index contributed by atoms with van der Waals surface area (Å²) in [4.78, 5) is 0. The third kappa shape index (κ3) is 4.85. The zero-order valence-electron chi connectivity index (χ0n) is 34.2. The van der Waals surface area contributed by atoms with Gasteiger partial charge in [0.2, 0.25) is 0 Å². The van der Waals surface area contributed by atoms with Gasteiger partial charge in [-0.25, -0.2) is 0 Å². The second kappa shape index (κ2) is 13.1. The molecular formula is C60H37N3. The highest BCUT2D eigenvalue weighted by Gasteiger charge is 2.25. The Bertz CT molecular complexity index is 3930. The van der Waals surface area contributed by atoms with Crippen molar-refractivity contribution in [2.45, 2.75) is 0 Å². The standard InChI is InChI=1S/C60H37N3/c1-3-17-43-41(15-1)42-16-2-4-18-44(42)53-36-39(30-33-46(53)45-32-29-38(35-52(43)45)61-55-24-10-5-19-47(55)48-20-6-11-25-56(48)61)63-59-28-14-9-23-51(59)54-37-40(31-34-60(54)63)62-57-26-12-7-21-49(57)50-22-8-13-27-58(50)62/h1-37H. The van der Waals surface area contributed by atoms with E-state index in [9.17, 15) is 0 Å². The summed E-state index contributed by atoms with van der Waals surface area (Å²) in [5, 5.41) is 7.53. The molecule has 63 heavy (non-hydrogen) atoms. The first-order valence-corrected chi connectivity index (χ1v) is 21.8. The van der Waals surface area contributed by atoms with E-state index in [-0.39, 0.29) is 0 Å². The topological polar surface area (TPSA) is 14.8 Å². The lowest BCUT2D eigenvalue weighted by molar-refractivity contribution is 1.16. The van der Waals surface area contributed by atoms with Gasteiger partial charge in [-0.05, 0) is 117 Å². The molecule has 0 bridgehead atoms. The van der Waals surface area contributed by atoms with Crippen LogP contribution in [0, 0.1) is 0 Å². The third-order valence-corrected chi connectivity index (χ3v) is 13.6. The van der Waals surface area contributed by atoms with Crippen LogP contribution in [0.1, 0.15) is 0 Å². The van der Waals surface area contributed by atoms with Gasteiger partial charge in [-0.2, -0.15) is 0 Å². The normalized spacial score (nSPS) is 12.1. The van der Waals surface area contributed by atoms with Gasteiger partial charge in [-0.15, -0.1) is 0 Å². The van der Waals surface area contributed by atoms with Gasteiger partial charge in [0.15, 0.2) is 0 Å². The zero-order valence-corrected chi connectivity index (χ0v) is 34.2. The summed E-state index contributed by atoms with van der Waals surface area (Å²) in [6.45, 7) is 0. The molecule has 3 aromatic heterocycles. The van der Waals surface area contributed by atoms with Gasteiger partial charge in [0, 0.05) is 49.4 Å². The van der Waals surface area contributed by atoms with Gasteiger partial charge in [-0.3, -0.25) is 0 Å². The quantitative estimate of drug-likeness (QED) is 0.169. The summed E-state index contributed by atoms with van der Waals surface area (Å²) < 4.78 is 7.31. The Morgan fingerprint density at radius 3 is 0.810 bits per heavy atom. The zero-order chi connectivity index (χ0) is 41.2. The molecule has 3 heterocycles. The summed E-state index contributed by atoms with van der Waals surface area (Å²) in [5.41, 5.74) is 20.5. The SMILES string of the molecule is c1ccc2c(c1)-c1ccccc1-c1cc(-n3c4ccccc4c4cc(-n5c6ccccc6c6ccccc65)ccc43)ccc1-c1ccc(-n3c4ccccc4c4ccccc43)cc1-2. The molecule has 13 aromatic rings. The molecule has 14 rings (SSSR count). The van der Waals surface area contributed by atoms with E-state index in [0.29, 0.717) is 0 Å². The van der Waals surface area contributed by atoms with E-state index in [1.54, 1.807) is 0 Å². The van der Waals surface area contributed by atoms with Gasteiger partial charge in [-0.1, -0.05) is 152 Å². The number of hydrogen-bond donors (Lipinski definition) is 0. The molecular weight excluding hydrogens is 763 g/mol. The minimum Gasteiger partial charge on any atom is -0.309 e. The fourth-order valence-corrected chi connectivity index (χ4v) is 10.9. The van der Waals surface area contributed by atoms with Crippen LogP contribution in [0.2, 0.25) is 0 Å². The number of nitrogens with zero attached hydrogens (tertiary/aromatic N) is 3. The lowest BCUT2D eigenvalue weighted by Crippen LogP contribution is -2.01. The number of fused-ring (bicyclic) bond motifs is 17. The predicted octanol–water partition coefficient (Wildman–Crippen LogP) is 16.0. The maximum absolute atomic E-state index is 2.46. The Morgan fingerprint density at radius 2 is 0.429 bits per heavy atom. The molecule has 0 spiro atoms. The number of para-hydroxylation sites is 5. The largest absolute Gasteiger partial charge is 0.309 e. The molecule has 0 aliphatic heterocycles. The first-order chi connectivity index (χ1) is 31.3. The van der Waals surface area contributed by atoms with Crippen molar-refractivity contribution in [1.29, 1.82) is 0 Å². The second-order valence-electron chi connectivity index (χ2n) is 16.8. The fraction of sp³-hybridized carbons (Fsp3) is 0.